The molecule has 0 saturated carbocycles. The molecule has 0 aliphatic carbocycles. The van der Waals surface area contributed by atoms with Crippen LogP contribution < -0.4 is 0 Å². The third-order valence-corrected chi connectivity index (χ3v) is 5.72. The lowest BCUT2D eigenvalue weighted by atomic mass is 9.93. The fourth-order valence-electron chi connectivity index (χ4n) is 3.83. The number of aromatic nitrogens is 1. The number of fused-ring (bicyclic) bond motifs is 1. The Morgan fingerprint density at radius 3 is 2.36 bits per heavy atom. The predicted octanol–water partition coefficient (Wildman–Crippen LogP) is 2.40. The second kappa shape index (κ2) is 5.95. The summed E-state index contributed by atoms with van der Waals surface area (Å²) < 4.78 is 36.4. The van der Waals surface area contributed by atoms with Crippen molar-refractivity contribution in [1.82, 2.24) is 4.98 Å². The molecule has 3 fully saturated rings. The second-order valence-electron chi connectivity index (χ2n) is 7.59. The van der Waals surface area contributed by atoms with Gasteiger partial charge in [-0.05, 0) is 27.7 Å². The molecule has 7 nitrogen and oxygen atoms in total. The van der Waals surface area contributed by atoms with E-state index in [1.54, 1.807) is 13.3 Å². The topological polar surface area (TPSA) is 68.3 Å². The molecule has 140 valence electrons. The maximum Gasteiger partial charge on any atom is 0.224 e. The Morgan fingerprint density at radius 1 is 1.04 bits per heavy atom. The van der Waals surface area contributed by atoms with E-state index in [9.17, 15) is 0 Å². The van der Waals surface area contributed by atoms with Gasteiger partial charge in [0.1, 0.15) is 18.3 Å². The highest BCUT2D eigenvalue weighted by Gasteiger charge is 2.60. The van der Waals surface area contributed by atoms with E-state index in [4.69, 9.17) is 28.4 Å². The van der Waals surface area contributed by atoms with Crippen LogP contribution in [0.3, 0.4) is 0 Å². The van der Waals surface area contributed by atoms with Crippen molar-refractivity contribution in [2.75, 3.05) is 13.7 Å². The van der Waals surface area contributed by atoms with Gasteiger partial charge in [0.25, 0.3) is 0 Å². The van der Waals surface area contributed by atoms with Crippen LogP contribution in [0, 0.1) is 0 Å². The molecule has 0 bridgehead atoms. The van der Waals surface area contributed by atoms with Crippen LogP contribution in [0.2, 0.25) is 0 Å². The van der Waals surface area contributed by atoms with Gasteiger partial charge < -0.3 is 28.4 Å². The van der Waals surface area contributed by atoms with Gasteiger partial charge in [-0.1, -0.05) is 0 Å². The molecule has 4 rings (SSSR count). The first-order valence-electron chi connectivity index (χ1n) is 8.54. The largest absolute Gasteiger partial charge is 0.348 e. The van der Waals surface area contributed by atoms with Gasteiger partial charge in [0.2, 0.25) is 5.79 Å². The first-order chi connectivity index (χ1) is 11.7. The summed E-state index contributed by atoms with van der Waals surface area (Å²) >= 11 is 1.50. The third kappa shape index (κ3) is 3.14. The van der Waals surface area contributed by atoms with E-state index in [1.807, 2.05) is 33.1 Å². The summed E-state index contributed by atoms with van der Waals surface area (Å²) in [4.78, 5) is 4.42. The van der Waals surface area contributed by atoms with Gasteiger partial charge >= 0.3 is 0 Å². The average molecular weight is 371 g/mol. The molecule has 4 heterocycles. The summed E-state index contributed by atoms with van der Waals surface area (Å²) in [5.74, 6) is -2.30. The monoisotopic (exact) mass is 371 g/mol. The van der Waals surface area contributed by atoms with Crippen molar-refractivity contribution < 1.29 is 28.4 Å². The Labute approximate surface area is 151 Å². The number of ether oxygens (including phenoxy) is 6. The van der Waals surface area contributed by atoms with Crippen LogP contribution >= 0.6 is 11.3 Å². The molecule has 25 heavy (non-hydrogen) atoms. The Bertz CT molecular complexity index is 621. The van der Waals surface area contributed by atoms with E-state index in [0.29, 0.717) is 13.0 Å². The highest BCUT2D eigenvalue weighted by atomic mass is 32.1. The molecular formula is C17H25NO6S. The van der Waals surface area contributed by atoms with Crippen LogP contribution in [0.1, 0.15) is 39.1 Å². The zero-order chi connectivity index (χ0) is 17.9. The molecule has 0 aromatic carbocycles. The first-order valence-corrected chi connectivity index (χ1v) is 9.42. The molecule has 3 saturated heterocycles. The van der Waals surface area contributed by atoms with Crippen LogP contribution in [-0.4, -0.2) is 54.7 Å². The summed E-state index contributed by atoms with van der Waals surface area (Å²) in [5.41, 5.74) is 0. The lowest BCUT2D eigenvalue weighted by molar-refractivity contribution is -0.322. The van der Waals surface area contributed by atoms with E-state index in [1.165, 1.54) is 11.3 Å². The smallest absolute Gasteiger partial charge is 0.224 e. The fraction of sp³-hybridized carbons (Fsp3) is 0.824. The normalized spacial score (nSPS) is 42.4. The van der Waals surface area contributed by atoms with Gasteiger partial charge in [0, 0.05) is 25.1 Å². The highest BCUT2D eigenvalue weighted by molar-refractivity contribution is 7.09. The van der Waals surface area contributed by atoms with Gasteiger partial charge in [0.05, 0.1) is 12.7 Å². The summed E-state index contributed by atoms with van der Waals surface area (Å²) in [6.07, 6.45) is 1.18. The zero-order valence-electron chi connectivity index (χ0n) is 15.2. The third-order valence-electron chi connectivity index (χ3n) is 4.83. The summed E-state index contributed by atoms with van der Waals surface area (Å²) in [6, 6.07) is 0. The van der Waals surface area contributed by atoms with E-state index in [0.717, 1.165) is 5.01 Å². The van der Waals surface area contributed by atoms with Gasteiger partial charge in [-0.15, -0.1) is 11.3 Å². The van der Waals surface area contributed by atoms with Crippen molar-refractivity contribution in [1.29, 1.82) is 0 Å². The summed E-state index contributed by atoms with van der Waals surface area (Å²) in [7, 11) is 1.63. The lowest BCUT2D eigenvalue weighted by Gasteiger charge is -2.44. The van der Waals surface area contributed by atoms with Crippen molar-refractivity contribution in [2.24, 2.45) is 0 Å². The van der Waals surface area contributed by atoms with Crippen molar-refractivity contribution >= 4 is 11.3 Å². The van der Waals surface area contributed by atoms with Crippen LogP contribution in [-0.2, 0) is 34.2 Å². The first kappa shape index (κ1) is 17.8. The van der Waals surface area contributed by atoms with Gasteiger partial charge in [-0.3, -0.25) is 0 Å². The average Bonchev–Trinajstić information content (AvgIpc) is 3.23. The van der Waals surface area contributed by atoms with E-state index < -0.39 is 17.4 Å². The second-order valence-corrected chi connectivity index (χ2v) is 8.48. The molecule has 8 heteroatoms. The highest BCUT2D eigenvalue weighted by Crippen LogP contribution is 2.48. The Balaban J connectivity index is 1.68. The van der Waals surface area contributed by atoms with Crippen LogP contribution in [0.5, 0.6) is 0 Å². The maximum absolute atomic E-state index is 6.47. The molecule has 0 N–H and O–H groups in total. The minimum atomic E-state index is -0.972. The minimum Gasteiger partial charge on any atom is -0.348 e. The van der Waals surface area contributed by atoms with Crippen LogP contribution in [0.4, 0.5) is 0 Å². The minimum absolute atomic E-state index is 0.176. The number of hydrogen-bond acceptors (Lipinski definition) is 8. The maximum atomic E-state index is 6.47. The molecule has 0 amide bonds. The van der Waals surface area contributed by atoms with Gasteiger partial charge in [0.15, 0.2) is 16.6 Å². The Hall–Kier alpha value is -0.610. The molecule has 0 spiro atoms. The number of thiazole rings is 1. The van der Waals surface area contributed by atoms with Crippen molar-refractivity contribution in [2.45, 2.75) is 75.9 Å². The molecule has 1 aromatic heterocycles. The Morgan fingerprint density at radius 2 is 1.76 bits per heavy atom. The molecule has 3 aliphatic heterocycles. The van der Waals surface area contributed by atoms with E-state index in [-0.39, 0.29) is 24.4 Å². The molecule has 5 atom stereocenters. The van der Waals surface area contributed by atoms with Gasteiger partial charge in [-0.2, -0.15) is 0 Å². The van der Waals surface area contributed by atoms with E-state index in [2.05, 4.69) is 4.98 Å². The Kier molecular flexibility index (Phi) is 4.23. The van der Waals surface area contributed by atoms with Crippen LogP contribution in [0.25, 0.3) is 0 Å². The van der Waals surface area contributed by atoms with E-state index >= 15 is 0 Å². The quantitative estimate of drug-likeness (QED) is 0.808. The summed E-state index contributed by atoms with van der Waals surface area (Å²) in [6.45, 7) is 8.05. The molecule has 3 aliphatic rings. The molecular weight excluding hydrogens is 346 g/mol. The lowest BCUT2D eigenvalue weighted by Crippen LogP contribution is -2.57. The summed E-state index contributed by atoms with van der Waals surface area (Å²) in [5, 5.41) is 2.68. The predicted molar refractivity (Wildman–Crippen MR) is 89.0 cm³/mol. The molecule has 1 aromatic rings. The molecule has 0 radical (unpaired) electrons. The van der Waals surface area contributed by atoms with Crippen molar-refractivity contribution in [3.8, 4) is 0 Å². The van der Waals surface area contributed by atoms with Crippen LogP contribution in [0.15, 0.2) is 11.6 Å². The SMILES string of the molecule is CO[C@]1(c2nccs2)C[C@H]2OC(C)(C)O[C@H]2[C@@H]([C@H]2COC(C)(C)O2)O1. The van der Waals surface area contributed by atoms with Gasteiger partial charge in [-0.25, -0.2) is 4.98 Å². The number of hydrogen-bond donors (Lipinski definition) is 0. The van der Waals surface area contributed by atoms with Crippen molar-refractivity contribution in [3.63, 3.8) is 0 Å². The number of methoxy groups -OCH3 is 1. The van der Waals surface area contributed by atoms with Crippen molar-refractivity contribution in [3.05, 3.63) is 16.6 Å². The number of nitrogens with zero attached hydrogens (tertiary/aromatic N) is 1. The standard InChI is InChI=1S/C17H25NO6S/c1-15(2)20-9-11(22-15)13-12-10(21-16(3,4)23-12)8-17(19-5,24-13)14-18-6-7-25-14/h6-7,10-13H,8-9H2,1-5H3/t10-,11-,12-,13-,17-/m1/s1. The fourth-order valence-corrected chi connectivity index (χ4v) is 4.60. The zero-order valence-corrected chi connectivity index (χ0v) is 16.0. The number of rotatable bonds is 3. The molecule has 0 unspecified atom stereocenters.